The van der Waals surface area contributed by atoms with Crippen molar-refractivity contribution < 1.29 is 13.2 Å². The monoisotopic (exact) mass is 178 g/mol. The fraction of sp³-hybridized carbons (Fsp3) is 0.556. The molecule has 0 saturated heterocycles. The van der Waals surface area contributed by atoms with Crippen LogP contribution in [0, 0.1) is 0 Å². The summed E-state index contributed by atoms with van der Waals surface area (Å²) in [7, 11) is 0. The van der Waals surface area contributed by atoms with E-state index in [2.05, 4.69) is 6.58 Å². The highest BCUT2D eigenvalue weighted by molar-refractivity contribution is 5.16. The number of allylic oxidation sites excluding steroid dienone is 3. The van der Waals surface area contributed by atoms with Crippen LogP contribution in [0.5, 0.6) is 0 Å². The third-order valence-corrected chi connectivity index (χ3v) is 1.65. The predicted octanol–water partition coefficient (Wildman–Crippen LogP) is 3.85. The van der Waals surface area contributed by atoms with Crippen LogP contribution in [-0.2, 0) is 0 Å². The fourth-order valence-electron chi connectivity index (χ4n) is 0.760. The Kier molecular flexibility index (Phi) is 4.07. The molecule has 0 radical (unpaired) electrons. The van der Waals surface area contributed by atoms with Gasteiger partial charge in [0.15, 0.2) is 0 Å². The summed E-state index contributed by atoms with van der Waals surface area (Å²) in [6.07, 6.45) is -2.57. The normalized spacial score (nSPS) is 13.2. The van der Waals surface area contributed by atoms with Gasteiger partial charge in [-0.05, 0) is 19.8 Å². The van der Waals surface area contributed by atoms with Crippen LogP contribution in [0.4, 0.5) is 13.2 Å². The molecule has 0 aliphatic heterocycles. The number of hydrogen-bond donors (Lipinski definition) is 0. The highest BCUT2D eigenvalue weighted by atomic mass is 19.4. The summed E-state index contributed by atoms with van der Waals surface area (Å²) in [5.74, 6) is 0. The highest BCUT2D eigenvalue weighted by Gasteiger charge is 2.32. The van der Waals surface area contributed by atoms with Crippen molar-refractivity contribution in [2.24, 2.45) is 0 Å². The summed E-state index contributed by atoms with van der Waals surface area (Å²) < 4.78 is 36.3. The van der Waals surface area contributed by atoms with Crippen molar-refractivity contribution in [3.05, 3.63) is 23.8 Å². The van der Waals surface area contributed by atoms with Crippen molar-refractivity contribution in [2.45, 2.75) is 32.9 Å². The zero-order valence-corrected chi connectivity index (χ0v) is 7.33. The molecule has 12 heavy (non-hydrogen) atoms. The smallest absolute Gasteiger partial charge is 0.166 e. The molecule has 0 aliphatic carbocycles. The Bertz CT molecular complexity index is 186. The van der Waals surface area contributed by atoms with Gasteiger partial charge in [-0.1, -0.05) is 25.2 Å². The molecule has 0 saturated carbocycles. The van der Waals surface area contributed by atoms with Gasteiger partial charge in [-0.25, -0.2) is 0 Å². The molecule has 0 N–H and O–H groups in total. The summed E-state index contributed by atoms with van der Waals surface area (Å²) in [5.41, 5.74) is 0.106. The third-order valence-electron chi connectivity index (χ3n) is 1.65. The highest BCUT2D eigenvalue weighted by Crippen LogP contribution is 2.30. The Hall–Kier alpha value is -0.730. The van der Waals surface area contributed by atoms with Gasteiger partial charge in [0.05, 0.1) is 0 Å². The minimum Gasteiger partial charge on any atom is -0.166 e. The molecule has 0 bridgehead atoms. The van der Waals surface area contributed by atoms with Gasteiger partial charge in [-0.15, -0.1) is 0 Å². The summed E-state index contributed by atoms with van der Waals surface area (Å²) in [6, 6.07) is 0. The van der Waals surface area contributed by atoms with Crippen molar-refractivity contribution in [1.29, 1.82) is 0 Å². The van der Waals surface area contributed by atoms with Crippen LogP contribution in [0.2, 0.25) is 0 Å². The zero-order valence-electron chi connectivity index (χ0n) is 7.33. The Morgan fingerprint density at radius 2 is 1.92 bits per heavy atom. The quantitative estimate of drug-likeness (QED) is 0.576. The van der Waals surface area contributed by atoms with E-state index in [1.807, 2.05) is 0 Å². The average Bonchev–Trinajstić information content (AvgIpc) is 1.97. The van der Waals surface area contributed by atoms with Gasteiger partial charge in [0, 0.05) is 5.57 Å². The van der Waals surface area contributed by atoms with E-state index in [1.54, 1.807) is 6.92 Å². The SMILES string of the molecule is C=C(CC)C/C(=C\C)C(F)(F)F. The van der Waals surface area contributed by atoms with Gasteiger partial charge in [0.25, 0.3) is 0 Å². The van der Waals surface area contributed by atoms with E-state index in [0.717, 1.165) is 6.08 Å². The lowest BCUT2D eigenvalue weighted by Crippen LogP contribution is -2.12. The first-order valence-electron chi connectivity index (χ1n) is 3.80. The van der Waals surface area contributed by atoms with Crippen molar-refractivity contribution in [3.8, 4) is 0 Å². The first-order valence-corrected chi connectivity index (χ1v) is 3.80. The molecule has 0 nitrogen and oxygen atoms in total. The summed E-state index contributed by atoms with van der Waals surface area (Å²) in [5, 5.41) is 0. The van der Waals surface area contributed by atoms with Gasteiger partial charge in [-0.2, -0.15) is 13.2 Å². The zero-order chi connectivity index (χ0) is 9.78. The molecule has 0 spiro atoms. The molecule has 0 aromatic rings. The van der Waals surface area contributed by atoms with E-state index < -0.39 is 11.7 Å². The second kappa shape index (κ2) is 4.33. The van der Waals surface area contributed by atoms with E-state index in [1.165, 1.54) is 6.92 Å². The molecule has 70 valence electrons. The number of hydrogen-bond acceptors (Lipinski definition) is 0. The van der Waals surface area contributed by atoms with E-state index in [0.29, 0.717) is 12.0 Å². The van der Waals surface area contributed by atoms with Crippen LogP contribution in [0.1, 0.15) is 26.7 Å². The summed E-state index contributed by atoms with van der Waals surface area (Å²) in [6.45, 7) is 6.73. The lowest BCUT2D eigenvalue weighted by Gasteiger charge is -2.11. The second-order valence-corrected chi connectivity index (χ2v) is 2.59. The standard InChI is InChI=1S/C9H13F3/c1-4-7(3)6-8(5-2)9(10,11)12/h5H,3-4,6H2,1-2H3/b8-5+. The predicted molar refractivity (Wildman–Crippen MR) is 43.9 cm³/mol. The van der Waals surface area contributed by atoms with Gasteiger partial charge in [0.1, 0.15) is 0 Å². The topological polar surface area (TPSA) is 0 Å². The molecule has 0 heterocycles. The minimum atomic E-state index is -4.20. The Balaban J connectivity index is 4.32. The van der Waals surface area contributed by atoms with Crippen molar-refractivity contribution >= 4 is 0 Å². The average molecular weight is 178 g/mol. The third kappa shape index (κ3) is 3.60. The maximum atomic E-state index is 12.1. The molecule has 0 atom stereocenters. The Morgan fingerprint density at radius 3 is 2.17 bits per heavy atom. The van der Waals surface area contributed by atoms with Gasteiger partial charge in [-0.3, -0.25) is 0 Å². The van der Waals surface area contributed by atoms with Gasteiger partial charge >= 0.3 is 6.18 Å². The van der Waals surface area contributed by atoms with E-state index in [4.69, 9.17) is 0 Å². The second-order valence-electron chi connectivity index (χ2n) is 2.59. The van der Waals surface area contributed by atoms with Crippen molar-refractivity contribution in [1.82, 2.24) is 0 Å². The van der Waals surface area contributed by atoms with Crippen LogP contribution < -0.4 is 0 Å². The first-order chi connectivity index (χ1) is 5.41. The largest absolute Gasteiger partial charge is 0.412 e. The van der Waals surface area contributed by atoms with Gasteiger partial charge < -0.3 is 0 Å². The van der Waals surface area contributed by atoms with E-state index >= 15 is 0 Å². The molecule has 0 unspecified atom stereocenters. The van der Waals surface area contributed by atoms with Crippen LogP contribution in [0.15, 0.2) is 23.8 Å². The van der Waals surface area contributed by atoms with Crippen LogP contribution in [0.3, 0.4) is 0 Å². The van der Waals surface area contributed by atoms with Crippen molar-refractivity contribution in [3.63, 3.8) is 0 Å². The summed E-state index contributed by atoms with van der Waals surface area (Å²) >= 11 is 0. The van der Waals surface area contributed by atoms with E-state index in [-0.39, 0.29) is 6.42 Å². The number of rotatable bonds is 3. The molecule has 0 rings (SSSR count). The molecule has 0 aromatic carbocycles. The Labute approximate surface area is 70.8 Å². The lowest BCUT2D eigenvalue weighted by molar-refractivity contribution is -0.0933. The minimum absolute atomic E-state index is 0.0590. The molecule has 0 amide bonds. The molecular weight excluding hydrogens is 165 g/mol. The molecular formula is C9H13F3. The maximum Gasteiger partial charge on any atom is 0.412 e. The van der Waals surface area contributed by atoms with Crippen LogP contribution in [-0.4, -0.2) is 6.18 Å². The molecule has 0 aliphatic rings. The Morgan fingerprint density at radius 1 is 1.42 bits per heavy atom. The maximum absolute atomic E-state index is 12.1. The van der Waals surface area contributed by atoms with E-state index in [9.17, 15) is 13.2 Å². The first kappa shape index (κ1) is 11.3. The van der Waals surface area contributed by atoms with Crippen LogP contribution >= 0.6 is 0 Å². The number of alkyl halides is 3. The molecule has 0 fully saturated rings. The van der Waals surface area contributed by atoms with Crippen molar-refractivity contribution in [2.75, 3.05) is 0 Å². The fourth-order valence-corrected chi connectivity index (χ4v) is 0.760. The summed E-state index contributed by atoms with van der Waals surface area (Å²) in [4.78, 5) is 0. The lowest BCUT2D eigenvalue weighted by atomic mass is 10.0. The molecule has 3 heteroatoms. The number of halogens is 3. The molecule has 0 aromatic heterocycles. The van der Waals surface area contributed by atoms with Gasteiger partial charge in [0.2, 0.25) is 0 Å². The van der Waals surface area contributed by atoms with Crippen LogP contribution in [0.25, 0.3) is 0 Å².